The molecule has 4 rings (SSSR count). The molecule has 0 spiro atoms. The third-order valence-electron chi connectivity index (χ3n) is 5.04. The van der Waals surface area contributed by atoms with Crippen LogP contribution in [0.5, 0.6) is 5.88 Å². The molecule has 3 aromatic rings. The summed E-state index contributed by atoms with van der Waals surface area (Å²) in [6.45, 7) is 0.665. The lowest BCUT2D eigenvalue weighted by atomic mass is 10.0. The molecule has 1 saturated heterocycles. The summed E-state index contributed by atoms with van der Waals surface area (Å²) < 4.78 is 11.3. The van der Waals surface area contributed by atoms with E-state index in [1.165, 1.54) is 12.7 Å². The van der Waals surface area contributed by atoms with Gasteiger partial charge in [-0.2, -0.15) is 0 Å². The van der Waals surface area contributed by atoms with Crippen LogP contribution in [0, 0.1) is 0 Å². The van der Waals surface area contributed by atoms with Crippen LogP contribution in [0.4, 0.5) is 0 Å². The van der Waals surface area contributed by atoms with Crippen molar-refractivity contribution in [2.45, 2.75) is 31.7 Å². The molecule has 1 aromatic carbocycles. The largest absolute Gasteiger partial charge is 0.480 e. The number of carbonyl (C=O) groups is 1. The summed E-state index contributed by atoms with van der Waals surface area (Å²) in [6, 6.07) is 13.5. The van der Waals surface area contributed by atoms with Gasteiger partial charge >= 0.3 is 0 Å². The minimum atomic E-state index is -0.171. The van der Waals surface area contributed by atoms with Crippen molar-refractivity contribution in [3.63, 3.8) is 0 Å². The fourth-order valence-corrected chi connectivity index (χ4v) is 3.66. The molecular formula is C22H23N3O3. The number of benzene rings is 1. The molecule has 0 radical (unpaired) electrons. The van der Waals surface area contributed by atoms with Gasteiger partial charge in [0, 0.05) is 19.2 Å². The highest BCUT2D eigenvalue weighted by atomic mass is 16.5. The predicted octanol–water partition coefficient (Wildman–Crippen LogP) is 4.04. The average molecular weight is 377 g/mol. The van der Waals surface area contributed by atoms with E-state index in [1.807, 2.05) is 23.1 Å². The van der Waals surface area contributed by atoms with Crippen molar-refractivity contribution in [1.82, 2.24) is 14.9 Å². The van der Waals surface area contributed by atoms with Gasteiger partial charge in [-0.25, -0.2) is 9.97 Å². The first-order chi connectivity index (χ1) is 13.8. The Labute approximate surface area is 164 Å². The van der Waals surface area contributed by atoms with Crippen molar-refractivity contribution < 1.29 is 13.9 Å². The highest BCUT2D eigenvalue weighted by Gasteiger charge is 2.33. The molecular weight excluding hydrogens is 354 g/mol. The third kappa shape index (κ3) is 3.76. The Balaban J connectivity index is 1.57. The minimum Gasteiger partial charge on any atom is -0.480 e. The number of hydrogen-bond donors (Lipinski definition) is 0. The number of rotatable bonds is 5. The van der Waals surface area contributed by atoms with Crippen LogP contribution < -0.4 is 4.74 Å². The van der Waals surface area contributed by atoms with E-state index in [1.54, 1.807) is 24.5 Å². The first kappa shape index (κ1) is 18.2. The van der Waals surface area contributed by atoms with Crippen LogP contribution in [0.1, 0.15) is 52.9 Å². The average Bonchev–Trinajstić information content (AvgIpc) is 3.22. The Morgan fingerprint density at radius 2 is 2.04 bits per heavy atom. The van der Waals surface area contributed by atoms with Gasteiger partial charge in [-0.15, -0.1) is 0 Å². The van der Waals surface area contributed by atoms with Crippen LogP contribution in [0.3, 0.4) is 0 Å². The summed E-state index contributed by atoms with van der Waals surface area (Å²) in [6.07, 6.45) is 6.90. The van der Waals surface area contributed by atoms with Crippen LogP contribution in [0.15, 0.2) is 59.3 Å². The SMILES string of the molecule is COc1ncccc1C(=O)N1CCCC[C@H]1c1ncc(Cc2ccccc2)o1. The number of aromatic nitrogens is 2. The molecule has 144 valence electrons. The third-order valence-corrected chi connectivity index (χ3v) is 5.04. The van der Waals surface area contributed by atoms with Crippen LogP contribution in [0.25, 0.3) is 0 Å². The molecule has 2 aromatic heterocycles. The van der Waals surface area contributed by atoms with E-state index in [4.69, 9.17) is 9.15 Å². The molecule has 6 nitrogen and oxygen atoms in total. The molecule has 0 bridgehead atoms. The van der Waals surface area contributed by atoms with Gasteiger partial charge in [0.15, 0.2) is 0 Å². The number of nitrogens with zero attached hydrogens (tertiary/aromatic N) is 3. The second-order valence-electron chi connectivity index (χ2n) is 6.90. The van der Waals surface area contributed by atoms with E-state index < -0.39 is 0 Å². The van der Waals surface area contributed by atoms with Gasteiger partial charge in [0.1, 0.15) is 17.4 Å². The fraction of sp³-hybridized carbons (Fsp3) is 0.318. The molecule has 1 amide bonds. The number of methoxy groups -OCH3 is 1. The van der Waals surface area contributed by atoms with E-state index in [0.717, 1.165) is 25.0 Å². The van der Waals surface area contributed by atoms with E-state index in [0.29, 0.717) is 30.3 Å². The van der Waals surface area contributed by atoms with Crippen LogP contribution in [-0.4, -0.2) is 34.4 Å². The van der Waals surface area contributed by atoms with E-state index in [2.05, 4.69) is 22.1 Å². The molecule has 0 aliphatic carbocycles. The molecule has 6 heteroatoms. The van der Waals surface area contributed by atoms with E-state index in [-0.39, 0.29) is 11.9 Å². The van der Waals surface area contributed by atoms with Crippen molar-refractivity contribution in [3.8, 4) is 5.88 Å². The van der Waals surface area contributed by atoms with Crippen LogP contribution >= 0.6 is 0 Å². The number of hydrogen-bond acceptors (Lipinski definition) is 5. The first-order valence-corrected chi connectivity index (χ1v) is 9.55. The number of carbonyl (C=O) groups excluding carboxylic acids is 1. The smallest absolute Gasteiger partial charge is 0.260 e. The van der Waals surface area contributed by atoms with E-state index in [9.17, 15) is 4.79 Å². The Morgan fingerprint density at radius 1 is 1.18 bits per heavy atom. The highest BCUT2D eigenvalue weighted by Crippen LogP contribution is 2.33. The van der Waals surface area contributed by atoms with Gasteiger partial charge in [-0.05, 0) is 37.0 Å². The van der Waals surface area contributed by atoms with E-state index >= 15 is 0 Å². The first-order valence-electron chi connectivity index (χ1n) is 9.55. The summed E-state index contributed by atoms with van der Waals surface area (Å²) in [5, 5.41) is 0. The quantitative estimate of drug-likeness (QED) is 0.671. The molecule has 0 saturated carbocycles. The predicted molar refractivity (Wildman–Crippen MR) is 104 cm³/mol. The molecule has 0 unspecified atom stereocenters. The number of oxazole rings is 1. The lowest BCUT2D eigenvalue weighted by Gasteiger charge is -2.34. The second kappa shape index (κ2) is 8.25. The summed E-state index contributed by atoms with van der Waals surface area (Å²) in [4.78, 5) is 23.7. The zero-order chi connectivity index (χ0) is 19.3. The lowest BCUT2D eigenvalue weighted by Crippen LogP contribution is -2.38. The molecule has 1 atom stereocenters. The maximum absolute atomic E-state index is 13.2. The maximum atomic E-state index is 13.2. The van der Waals surface area contributed by atoms with Crippen LogP contribution in [0.2, 0.25) is 0 Å². The Morgan fingerprint density at radius 3 is 2.86 bits per heavy atom. The van der Waals surface area contributed by atoms with Crippen molar-refractivity contribution in [2.75, 3.05) is 13.7 Å². The maximum Gasteiger partial charge on any atom is 0.260 e. The standard InChI is InChI=1S/C22H23N3O3/c1-27-20-18(10-7-12-23-20)22(26)25-13-6-5-11-19(25)21-24-15-17(28-21)14-16-8-3-2-4-9-16/h2-4,7-10,12,15,19H,5-6,11,13-14H2,1H3/t19-/m0/s1. The van der Waals surface area contributed by atoms with Crippen LogP contribution in [-0.2, 0) is 6.42 Å². The Kier molecular flexibility index (Phi) is 5.37. The molecule has 1 aliphatic rings. The van der Waals surface area contributed by atoms with Gasteiger partial charge in [-0.3, -0.25) is 4.79 Å². The van der Waals surface area contributed by atoms with Crippen molar-refractivity contribution in [3.05, 3.63) is 77.6 Å². The normalized spacial score (nSPS) is 16.8. The van der Waals surface area contributed by atoms with Gasteiger partial charge < -0.3 is 14.1 Å². The molecule has 1 fully saturated rings. The number of ether oxygens (including phenoxy) is 1. The number of likely N-dealkylation sites (tertiary alicyclic amines) is 1. The topological polar surface area (TPSA) is 68.5 Å². The lowest BCUT2D eigenvalue weighted by molar-refractivity contribution is 0.0566. The van der Waals surface area contributed by atoms with Crippen molar-refractivity contribution in [1.29, 1.82) is 0 Å². The van der Waals surface area contributed by atoms with Crippen molar-refractivity contribution >= 4 is 5.91 Å². The fourth-order valence-electron chi connectivity index (χ4n) is 3.66. The zero-order valence-corrected chi connectivity index (χ0v) is 15.9. The Hall–Kier alpha value is -3.15. The zero-order valence-electron chi connectivity index (χ0n) is 15.9. The number of pyridine rings is 1. The molecule has 1 aliphatic heterocycles. The molecule has 28 heavy (non-hydrogen) atoms. The molecule has 3 heterocycles. The summed E-state index contributed by atoms with van der Waals surface area (Å²) >= 11 is 0. The number of piperidine rings is 1. The second-order valence-corrected chi connectivity index (χ2v) is 6.90. The molecule has 0 N–H and O–H groups in total. The van der Waals surface area contributed by atoms with Gasteiger partial charge in [0.2, 0.25) is 11.8 Å². The van der Waals surface area contributed by atoms with Gasteiger partial charge in [0.05, 0.1) is 13.3 Å². The Bertz CT molecular complexity index is 939. The minimum absolute atomic E-state index is 0.0996. The number of amides is 1. The highest BCUT2D eigenvalue weighted by molar-refractivity contribution is 5.96. The van der Waals surface area contributed by atoms with Gasteiger partial charge in [0.25, 0.3) is 5.91 Å². The van der Waals surface area contributed by atoms with Crippen molar-refractivity contribution in [2.24, 2.45) is 0 Å². The van der Waals surface area contributed by atoms with Gasteiger partial charge in [-0.1, -0.05) is 30.3 Å². The summed E-state index contributed by atoms with van der Waals surface area (Å²) in [5.74, 6) is 1.64. The monoisotopic (exact) mass is 377 g/mol. The summed E-state index contributed by atoms with van der Waals surface area (Å²) in [5.41, 5.74) is 1.63. The summed E-state index contributed by atoms with van der Waals surface area (Å²) in [7, 11) is 1.52.